The molecule has 2 amide bonds. The molecule has 29 heavy (non-hydrogen) atoms. The number of nitrogens with one attached hydrogen (secondary N) is 1. The summed E-state index contributed by atoms with van der Waals surface area (Å²) in [6, 6.07) is 17.6. The SMILES string of the molecule is O=C1CN(C(=O)c2c(F)cccc2Cl)[C@@H](c2ccccc2)c2cc(Cl)ccc2N1. The van der Waals surface area contributed by atoms with Crippen LogP contribution in [0.3, 0.4) is 0 Å². The van der Waals surface area contributed by atoms with Crippen molar-refractivity contribution in [3.63, 3.8) is 0 Å². The lowest BCUT2D eigenvalue weighted by Gasteiger charge is -2.31. The highest BCUT2D eigenvalue weighted by atomic mass is 35.5. The van der Waals surface area contributed by atoms with Gasteiger partial charge < -0.3 is 10.2 Å². The fourth-order valence-corrected chi connectivity index (χ4v) is 3.93. The van der Waals surface area contributed by atoms with Crippen molar-refractivity contribution in [1.29, 1.82) is 0 Å². The number of hydrogen-bond donors (Lipinski definition) is 1. The number of halogens is 3. The van der Waals surface area contributed by atoms with E-state index in [-0.39, 0.29) is 17.1 Å². The van der Waals surface area contributed by atoms with Crippen molar-refractivity contribution in [2.45, 2.75) is 6.04 Å². The summed E-state index contributed by atoms with van der Waals surface area (Å²) in [7, 11) is 0. The predicted molar refractivity (Wildman–Crippen MR) is 111 cm³/mol. The molecule has 3 aromatic carbocycles. The quantitative estimate of drug-likeness (QED) is 0.600. The first-order valence-corrected chi connectivity index (χ1v) is 9.60. The molecule has 0 saturated heterocycles. The number of nitrogens with zero attached hydrogens (tertiary/aromatic N) is 1. The highest BCUT2D eigenvalue weighted by Gasteiger charge is 2.35. The second kappa shape index (κ2) is 7.85. The molecule has 0 aliphatic carbocycles. The molecule has 1 aliphatic heterocycles. The minimum Gasteiger partial charge on any atom is -0.324 e. The van der Waals surface area contributed by atoms with E-state index < -0.39 is 23.7 Å². The Morgan fingerprint density at radius 2 is 1.79 bits per heavy atom. The van der Waals surface area contributed by atoms with Crippen molar-refractivity contribution in [3.8, 4) is 0 Å². The molecular weight excluding hydrogens is 414 g/mol. The van der Waals surface area contributed by atoms with Crippen molar-refractivity contribution < 1.29 is 14.0 Å². The molecule has 7 heteroatoms. The molecule has 1 N–H and O–H groups in total. The number of carbonyl (C=O) groups is 2. The summed E-state index contributed by atoms with van der Waals surface area (Å²) < 4.78 is 14.5. The largest absolute Gasteiger partial charge is 0.324 e. The van der Waals surface area contributed by atoms with Gasteiger partial charge in [0.25, 0.3) is 5.91 Å². The van der Waals surface area contributed by atoms with Crippen LogP contribution >= 0.6 is 23.2 Å². The van der Waals surface area contributed by atoms with Gasteiger partial charge >= 0.3 is 0 Å². The van der Waals surface area contributed by atoms with Gasteiger partial charge in [-0.1, -0.05) is 59.6 Å². The number of hydrogen-bond acceptors (Lipinski definition) is 2. The maximum Gasteiger partial charge on any atom is 0.259 e. The number of rotatable bonds is 2. The number of anilines is 1. The molecule has 0 spiro atoms. The van der Waals surface area contributed by atoms with E-state index in [1.54, 1.807) is 18.2 Å². The number of amides is 2. The summed E-state index contributed by atoms with van der Waals surface area (Å²) in [6.07, 6.45) is 0. The number of benzene rings is 3. The standard InChI is InChI=1S/C22H15Cl2FN2O2/c23-14-9-10-18-15(11-14)21(13-5-2-1-3-6-13)27(12-19(28)26-18)22(29)20-16(24)7-4-8-17(20)25/h1-11,21H,12H2,(H,26,28)/t21-/m0/s1. The van der Waals surface area contributed by atoms with Crippen LogP contribution in [0.15, 0.2) is 66.7 Å². The molecule has 0 radical (unpaired) electrons. The molecule has 0 fully saturated rings. The van der Waals surface area contributed by atoms with Crippen LogP contribution in [0, 0.1) is 5.82 Å². The lowest BCUT2D eigenvalue weighted by molar-refractivity contribution is -0.117. The van der Waals surface area contributed by atoms with Gasteiger partial charge in [-0.3, -0.25) is 9.59 Å². The highest BCUT2D eigenvalue weighted by molar-refractivity contribution is 6.34. The fraction of sp³-hybridized carbons (Fsp3) is 0.0909. The Kier molecular flexibility index (Phi) is 5.26. The second-order valence-corrected chi connectivity index (χ2v) is 7.47. The van der Waals surface area contributed by atoms with E-state index in [0.29, 0.717) is 16.3 Å². The van der Waals surface area contributed by atoms with E-state index in [1.807, 2.05) is 30.3 Å². The number of fused-ring (bicyclic) bond motifs is 1. The molecule has 0 saturated carbocycles. The van der Waals surface area contributed by atoms with Crippen LogP contribution in [-0.2, 0) is 4.79 Å². The van der Waals surface area contributed by atoms with Crippen LogP contribution in [-0.4, -0.2) is 23.3 Å². The lowest BCUT2D eigenvalue weighted by Crippen LogP contribution is -2.39. The molecule has 1 atom stereocenters. The molecular formula is C22H15Cl2FN2O2. The normalized spacial score (nSPS) is 16.0. The molecule has 3 aromatic rings. The smallest absolute Gasteiger partial charge is 0.259 e. The van der Waals surface area contributed by atoms with Gasteiger partial charge in [-0.2, -0.15) is 0 Å². The highest BCUT2D eigenvalue weighted by Crippen LogP contribution is 2.38. The summed E-state index contributed by atoms with van der Waals surface area (Å²) >= 11 is 12.3. The zero-order chi connectivity index (χ0) is 20.5. The van der Waals surface area contributed by atoms with Gasteiger partial charge in [0.1, 0.15) is 12.4 Å². The van der Waals surface area contributed by atoms with Crippen LogP contribution in [0.2, 0.25) is 10.0 Å². The van der Waals surface area contributed by atoms with E-state index in [4.69, 9.17) is 23.2 Å². The van der Waals surface area contributed by atoms with Gasteiger partial charge in [0.15, 0.2) is 0 Å². The monoisotopic (exact) mass is 428 g/mol. The average Bonchev–Trinajstić information content (AvgIpc) is 2.84. The fourth-order valence-electron chi connectivity index (χ4n) is 3.51. The first-order chi connectivity index (χ1) is 14.0. The molecule has 4 nitrogen and oxygen atoms in total. The summed E-state index contributed by atoms with van der Waals surface area (Å²) in [5, 5.41) is 3.24. The van der Waals surface area contributed by atoms with Gasteiger partial charge in [-0.15, -0.1) is 0 Å². The average molecular weight is 429 g/mol. The maximum absolute atomic E-state index is 14.5. The Labute approximate surface area is 176 Å². The van der Waals surface area contributed by atoms with E-state index in [0.717, 1.165) is 5.56 Å². The Morgan fingerprint density at radius 1 is 1.03 bits per heavy atom. The van der Waals surface area contributed by atoms with Crippen molar-refractivity contribution in [2.75, 3.05) is 11.9 Å². The topological polar surface area (TPSA) is 49.4 Å². The van der Waals surface area contributed by atoms with Crippen molar-refractivity contribution in [2.24, 2.45) is 0 Å². The Morgan fingerprint density at radius 3 is 2.52 bits per heavy atom. The van der Waals surface area contributed by atoms with Gasteiger partial charge in [0.05, 0.1) is 16.6 Å². The van der Waals surface area contributed by atoms with Crippen LogP contribution in [0.1, 0.15) is 27.5 Å². The van der Waals surface area contributed by atoms with E-state index in [9.17, 15) is 14.0 Å². The lowest BCUT2D eigenvalue weighted by atomic mass is 9.95. The molecule has 0 bridgehead atoms. The Hall–Kier alpha value is -2.89. The molecule has 1 aliphatic rings. The molecule has 1 heterocycles. The van der Waals surface area contributed by atoms with E-state index >= 15 is 0 Å². The predicted octanol–water partition coefficient (Wildman–Crippen LogP) is 5.32. The number of carbonyl (C=O) groups excluding carboxylic acids is 2. The third kappa shape index (κ3) is 3.71. The first kappa shape index (κ1) is 19.4. The Balaban J connectivity index is 1.93. The molecule has 146 valence electrons. The summed E-state index contributed by atoms with van der Waals surface area (Å²) in [6.45, 7) is -0.268. The minimum absolute atomic E-state index is 0.0159. The molecule has 4 rings (SSSR count). The van der Waals surface area contributed by atoms with E-state index in [2.05, 4.69) is 5.32 Å². The third-order valence-electron chi connectivity index (χ3n) is 4.76. The first-order valence-electron chi connectivity index (χ1n) is 8.85. The third-order valence-corrected chi connectivity index (χ3v) is 5.31. The van der Waals surface area contributed by atoms with E-state index in [1.165, 1.54) is 23.1 Å². The van der Waals surface area contributed by atoms with Crippen molar-refractivity contribution in [1.82, 2.24) is 4.90 Å². The van der Waals surface area contributed by atoms with Crippen LogP contribution in [0.4, 0.5) is 10.1 Å². The van der Waals surface area contributed by atoms with Crippen molar-refractivity contribution >= 4 is 40.7 Å². The summed E-state index contributed by atoms with van der Waals surface area (Å²) in [4.78, 5) is 27.3. The second-order valence-electron chi connectivity index (χ2n) is 6.62. The van der Waals surface area contributed by atoms with Gasteiger partial charge in [-0.05, 0) is 35.9 Å². The summed E-state index contributed by atoms with van der Waals surface area (Å²) in [5.41, 5.74) is 1.67. The van der Waals surface area contributed by atoms with Crippen LogP contribution in [0.25, 0.3) is 0 Å². The molecule has 0 aromatic heterocycles. The molecule has 0 unspecified atom stereocenters. The maximum atomic E-state index is 14.5. The summed E-state index contributed by atoms with van der Waals surface area (Å²) in [5.74, 6) is -1.82. The van der Waals surface area contributed by atoms with Gasteiger partial charge in [-0.25, -0.2) is 4.39 Å². The Bertz CT molecular complexity index is 1080. The zero-order valence-corrected chi connectivity index (χ0v) is 16.5. The van der Waals surface area contributed by atoms with Crippen LogP contribution < -0.4 is 5.32 Å². The van der Waals surface area contributed by atoms with Gasteiger partial charge in [0.2, 0.25) is 5.91 Å². The minimum atomic E-state index is -0.745. The zero-order valence-electron chi connectivity index (χ0n) is 15.0. The van der Waals surface area contributed by atoms with Gasteiger partial charge in [0, 0.05) is 16.3 Å². The van der Waals surface area contributed by atoms with Crippen LogP contribution in [0.5, 0.6) is 0 Å². The van der Waals surface area contributed by atoms with Crippen molar-refractivity contribution in [3.05, 3.63) is 99.3 Å².